The Bertz CT molecular complexity index is 554. The van der Waals surface area contributed by atoms with Crippen molar-refractivity contribution >= 4 is 27.3 Å². The molecule has 0 spiro atoms. The van der Waals surface area contributed by atoms with Crippen LogP contribution in [0.1, 0.15) is 4.88 Å². The van der Waals surface area contributed by atoms with Crippen molar-refractivity contribution in [1.29, 1.82) is 0 Å². The molecule has 0 aliphatic heterocycles. The van der Waals surface area contributed by atoms with Crippen LogP contribution in [0.25, 0.3) is 11.1 Å². The van der Waals surface area contributed by atoms with Crippen molar-refractivity contribution in [2.45, 2.75) is 6.42 Å². The van der Waals surface area contributed by atoms with Crippen molar-refractivity contribution < 1.29 is 13.5 Å². The van der Waals surface area contributed by atoms with E-state index in [1.165, 1.54) is 17.4 Å². The van der Waals surface area contributed by atoms with Gasteiger partial charge in [-0.2, -0.15) is 0 Å². The summed E-state index contributed by atoms with van der Waals surface area (Å²) in [5, 5.41) is 0. The first-order valence-corrected chi connectivity index (χ1v) is 6.96. The summed E-state index contributed by atoms with van der Waals surface area (Å²) in [7, 11) is 1.63. The number of halogens is 3. The summed E-state index contributed by atoms with van der Waals surface area (Å²) in [5.41, 5.74) is 0.963. The second-order valence-electron chi connectivity index (χ2n) is 3.74. The molecule has 0 amide bonds. The van der Waals surface area contributed by atoms with Gasteiger partial charge in [0.05, 0.1) is 10.4 Å². The lowest BCUT2D eigenvalue weighted by Crippen LogP contribution is -1.91. The quantitative estimate of drug-likeness (QED) is 0.792. The molecule has 0 N–H and O–H groups in total. The molecule has 2 aromatic rings. The van der Waals surface area contributed by atoms with Crippen molar-refractivity contribution in [3.05, 3.63) is 44.6 Å². The van der Waals surface area contributed by atoms with Crippen LogP contribution < -0.4 is 0 Å². The Morgan fingerprint density at radius 3 is 2.78 bits per heavy atom. The summed E-state index contributed by atoms with van der Waals surface area (Å²) in [5.74, 6) is -1.64. The van der Waals surface area contributed by atoms with Crippen LogP contribution in [0.5, 0.6) is 0 Å². The first-order valence-electron chi connectivity index (χ1n) is 5.35. The lowest BCUT2D eigenvalue weighted by Gasteiger charge is -2.02. The summed E-state index contributed by atoms with van der Waals surface area (Å²) in [6.45, 7) is 0.609. The van der Waals surface area contributed by atoms with Crippen LogP contribution in [0.2, 0.25) is 0 Å². The van der Waals surface area contributed by atoms with Crippen molar-refractivity contribution in [3.63, 3.8) is 0 Å². The molecule has 18 heavy (non-hydrogen) atoms. The lowest BCUT2D eigenvalue weighted by atomic mass is 10.1. The molecule has 1 aromatic carbocycles. The second kappa shape index (κ2) is 5.91. The monoisotopic (exact) mass is 332 g/mol. The van der Waals surface area contributed by atoms with Gasteiger partial charge in [0.2, 0.25) is 0 Å². The molecular formula is C13H11BrF2OS. The maximum absolute atomic E-state index is 13.7. The molecule has 1 nitrogen and oxygen atoms in total. The average Bonchev–Trinajstić information content (AvgIpc) is 2.71. The molecule has 0 saturated heterocycles. The maximum atomic E-state index is 13.7. The molecular weight excluding hydrogens is 322 g/mol. The minimum atomic E-state index is -0.830. The fraction of sp³-hybridized carbons (Fsp3) is 0.231. The highest BCUT2D eigenvalue weighted by molar-refractivity contribution is 9.11. The first-order chi connectivity index (χ1) is 8.63. The van der Waals surface area contributed by atoms with E-state index in [9.17, 15) is 8.78 Å². The number of thiophene rings is 1. The van der Waals surface area contributed by atoms with Crippen molar-refractivity contribution in [3.8, 4) is 11.1 Å². The number of ether oxygens (including phenoxy) is 1. The molecule has 0 saturated carbocycles. The van der Waals surface area contributed by atoms with Crippen LogP contribution in [0.15, 0.2) is 28.1 Å². The maximum Gasteiger partial charge on any atom is 0.166 e. The van der Waals surface area contributed by atoms with E-state index in [0.29, 0.717) is 12.2 Å². The van der Waals surface area contributed by atoms with Gasteiger partial charge >= 0.3 is 0 Å². The zero-order chi connectivity index (χ0) is 13.1. The Morgan fingerprint density at radius 1 is 1.28 bits per heavy atom. The molecule has 0 bridgehead atoms. The standard InChI is InChI=1S/C13H11BrF2OS/c1-17-6-5-8-7-10(13(14)18-8)9-3-2-4-11(15)12(9)16/h2-4,7H,5-6H2,1H3. The Labute approximate surface area is 117 Å². The van der Waals surface area contributed by atoms with Crippen molar-refractivity contribution in [1.82, 2.24) is 0 Å². The van der Waals surface area contributed by atoms with Crippen LogP contribution in [0.3, 0.4) is 0 Å². The summed E-state index contributed by atoms with van der Waals surface area (Å²) in [6, 6.07) is 6.06. The number of hydrogen-bond donors (Lipinski definition) is 0. The van der Waals surface area contributed by atoms with Gasteiger partial charge in [-0.25, -0.2) is 8.78 Å². The molecule has 0 unspecified atom stereocenters. The summed E-state index contributed by atoms with van der Waals surface area (Å²) in [4.78, 5) is 1.07. The average molecular weight is 333 g/mol. The van der Waals surface area contributed by atoms with Gasteiger partial charge in [-0.15, -0.1) is 11.3 Å². The SMILES string of the molecule is COCCc1cc(-c2cccc(F)c2F)c(Br)s1. The van der Waals surface area contributed by atoms with Gasteiger partial charge in [-0.3, -0.25) is 0 Å². The largest absolute Gasteiger partial charge is 0.384 e. The minimum Gasteiger partial charge on any atom is -0.384 e. The van der Waals surface area contributed by atoms with E-state index in [1.807, 2.05) is 6.07 Å². The van der Waals surface area contributed by atoms with Crippen LogP contribution in [0, 0.1) is 11.6 Å². The fourth-order valence-electron chi connectivity index (χ4n) is 1.64. The van der Waals surface area contributed by atoms with Crippen molar-refractivity contribution in [2.24, 2.45) is 0 Å². The van der Waals surface area contributed by atoms with E-state index in [1.54, 1.807) is 13.2 Å². The van der Waals surface area contributed by atoms with Crippen molar-refractivity contribution in [2.75, 3.05) is 13.7 Å². The highest BCUT2D eigenvalue weighted by Gasteiger charge is 2.15. The molecule has 5 heteroatoms. The molecule has 0 aliphatic carbocycles. The number of rotatable bonds is 4. The Balaban J connectivity index is 2.38. The van der Waals surface area contributed by atoms with Crippen LogP contribution in [-0.4, -0.2) is 13.7 Å². The number of hydrogen-bond acceptors (Lipinski definition) is 2. The van der Waals surface area contributed by atoms with Gasteiger partial charge < -0.3 is 4.74 Å². The molecule has 1 heterocycles. The normalized spacial score (nSPS) is 10.9. The Kier molecular flexibility index (Phi) is 4.48. The summed E-state index contributed by atoms with van der Waals surface area (Å²) < 4.78 is 32.7. The molecule has 0 aliphatic rings. The van der Waals surface area contributed by atoms with E-state index in [2.05, 4.69) is 15.9 Å². The van der Waals surface area contributed by atoms with Crippen LogP contribution >= 0.6 is 27.3 Å². The Hall–Kier alpha value is -0.780. The van der Waals surface area contributed by atoms with Gasteiger partial charge in [0.25, 0.3) is 0 Å². The zero-order valence-electron chi connectivity index (χ0n) is 9.67. The molecule has 1 aromatic heterocycles. The molecule has 0 radical (unpaired) electrons. The van der Waals surface area contributed by atoms with E-state index in [-0.39, 0.29) is 5.56 Å². The van der Waals surface area contributed by atoms with Crippen LogP contribution in [0.4, 0.5) is 8.78 Å². The topological polar surface area (TPSA) is 9.23 Å². The number of benzene rings is 1. The molecule has 96 valence electrons. The van der Waals surface area contributed by atoms with Gasteiger partial charge in [0.15, 0.2) is 11.6 Å². The van der Waals surface area contributed by atoms with Gasteiger partial charge in [0.1, 0.15) is 0 Å². The zero-order valence-corrected chi connectivity index (χ0v) is 12.1. The summed E-state index contributed by atoms with van der Waals surface area (Å²) in [6.07, 6.45) is 0.761. The van der Waals surface area contributed by atoms with Gasteiger partial charge in [0, 0.05) is 29.5 Å². The first kappa shape index (κ1) is 13.6. The molecule has 2 rings (SSSR count). The van der Waals surface area contributed by atoms with E-state index >= 15 is 0 Å². The van der Waals surface area contributed by atoms with Crippen LogP contribution in [-0.2, 0) is 11.2 Å². The van der Waals surface area contributed by atoms with E-state index < -0.39 is 11.6 Å². The van der Waals surface area contributed by atoms with Gasteiger partial charge in [-0.1, -0.05) is 12.1 Å². The molecule has 0 atom stereocenters. The van der Waals surface area contributed by atoms with E-state index in [4.69, 9.17) is 4.74 Å². The van der Waals surface area contributed by atoms with E-state index in [0.717, 1.165) is 21.2 Å². The second-order valence-corrected chi connectivity index (χ2v) is 6.20. The predicted octanol–water partition coefficient (Wildman–Crippen LogP) is 4.64. The predicted molar refractivity (Wildman–Crippen MR) is 73.0 cm³/mol. The smallest absolute Gasteiger partial charge is 0.166 e. The lowest BCUT2D eigenvalue weighted by molar-refractivity contribution is 0.203. The third-order valence-corrected chi connectivity index (χ3v) is 4.43. The third kappa shape index (κ3) is 2.79. The third-order valence-electron chi connectivity index (χ3n) is 2.53. The molecule has 0 fully saturated rings. The highest BCUT2D eigenvalue weighted by atomic mass is 79.9. The Morgan fingerprint density at radius 2 is 2.06 bits per heavy atom. The summed E-state index contributed by atoms with van der Waals surface area (Å²) >= 11 is 4.90. The number of methoxy groups -OCH3 is 1. The fourth-order valence-corrected chi connectivity index (χ4v) is 3.46. The highest BCUT2D eigenvalue weighted by Crippen LogP contribution is 2.37. The van der Waals surface area contributed by atoms with Gasteiger partial charge in [-0.05, 0) is 28.1 Å². The minimum absolute atomic E-state index is 0.279.